The van der Waals surface area contributed by atoms with Crippen LogP contribution in [0.1, 0.15) is 25.1 Å². The molecular formula is C17H21BrN4O4. The second-order valence-corrected chi connectivity index (χ2v) is 6.22. The number of imidazole rings is 1. The number of hydrogen-bond donors (Lipinski definition) is 1. The Kier molecular flexibility index (Phi) is 6.62. The third-order valence-electron chi connectivity index (χ3n) is 3.36. The zero-order chi connectivity index (χ0) is 19.3. The van der Waals surface area contributed by atoms with Crippen molar-refractivity contribution in [2.45, 2.75) is 26.9 Å². The van der Waals surface area contributed by atoms with E-state index in [4.69, 9.17) is 19.9 Å². The lowest BCUT2D eigenvalue weighted by Crippen LogP contribution is -2.26. The van der Waals surface area contributed by atoms with Gasteiger partial charge in [-0.25, -0.2) is 14.5 Å². The number of nitrogens with zero attached hydrogens (tertiary/aromatic N) is 3. The summed E-state index contributed by atoms with van der Waals surface area (Å²) < 4.78 is 18.2. The molecule has 1 atom stereocenters. The van der Waals surface area contributed by atoms with E-state index in [0.29, 0.717) is 28.5 Å². The molecule has 0 amide bonds. The van der Waals surface area contributed by atoms with Crippen molar-refractivity contribution < 1.29 is 19.0 Å². The summed E-state index contributed by atoms with van der Waals surface area (Å²) in [6, 6.07) is 3.44. The third-order valence-corrected chi connectivity index (χ3v) is 4.05. The molecule has 2 aromatic rings. The van der Waals surface area contributed by atoms with E-state index in [1.54, 1.807) is 38.4 Å². The summed E-state index contributed by atoms with van der Waals surface area (Å²) in [5.41, 5.74) is 7.28. The van der Waals surface area contributed by atoms with E-state index >= 15 is 0 Å². The van der Waals surface area contributed by atoms with Crippen LogP contribution in [0.25, 0.3) is 0 Å². The smallest absolute Gasteiger partial charge is 0.347 e. The molecule has 140 valence electrons. The number of aromatic nitrogens is 2. The molecule has 0 aliphatic rings. The van der Waals surface area contributed by atoms with Crippen LogP contribution in [0.4, 0.5) is 5.95 Å². The summed E-state index contributed by atoms with van der Waals surface area (Å²) in [4.78, 5) is 15.8. The first-order valence-electron chi connectivity index (χ1n) is 7.92. The molecule has 26 heavy (non-hydrogen) atoms. The van der Waals surface area contributed by atoms with Crippen LogP contribution in [-0.4, -0.2) is 41.7 Å². The van der Waals surface area contributed by atoms with Crippen LogP contribution in [0.15, 0.2) is 27.9 Å². The van der Waals surface area contributed by atoms with Gasteiger partial charge in [-0.3, -0.25) is 0 Å². The Balaban J connectivity index is 2.25. The molecule has 0 aliphatic heterocycles. The van der Waals surface area contributed by atoms with E-state index in [1.807, 2.05) is 6.92 Å². The maximum atomic E-state index is 11.8. The van der Waals surface area contributed by atoms with Crippen LogP contribution in [-0.2, 0) is 9.53 Å². The first-order chi connectivity index (χ1) is 12.3. The van der Waals surface area contributed by atoms with Gasteiger partial charge in [0, 0.05) is 10.0 Å². The number of esters is 1. The van der Waals surface area contributed by atoms with Crippen LogP contribution >= 0.6 is 15.9 Å². The van der Waals surface area contributed by atoms with E-state index in [0.717, 1.165) is 11.3 Å². The largest absolute Gasteiger partial charge is 0.493 e. The number of benzene rings is 1. The van der Waals surface area contributed by atoms with Crippen molar-refractivity contribution in [3.8, 4) is 11.5 Å². The van der Waals surface area contributed by atoms with Crippen LogP contribution in [0.2, 0.25) is 0 Å². The highest BCUT2D eigenvalue weighted by atomic mass is 79.9. The van der Waals surface area contributed by atoms with Crippen LogP contribution in [0.3, 0.4) is 0 Å². The quantitative estimate of drug-likeness (QED) is 0.541. The fourth-order valence-corrected chi connectivity index (χ4v) is 2.55. The Labute approximate surface area is 160 Å². The van der Waals surface area contributed by atoms with Crippen LogP contribution in [0, 0.1) is 6.92 Å². The highest BCUT2D eigenvalue weighted by molar-refractivity contribution is 9.10. The maximum absolute atomic E-state index is 11.8. The van der Waals surface area contributed by atoms with Gasteiger partial charge in [0.15, 0.2) is 17.6 Å². The minimum Gasteiger partial charge on any atom is -0.493 e. The van der Waals surface area contributed by atoms with Gasteiger partial charge < -0.3 is 19.9 Å². The Hall–Kier alpha value is -2.55. The standard InChI is InChI=1S/C17H21BrN4O4/c1-5-25-16(23)11(3)26-15-7-13(18)12(6-14(15)24-4)8-20-22-9-10(2)21-17(22)19/h6-9,11H,5H2,1-4H3,(H2,19,21). The second kappa shape index (κ2) is 8.70. The lowest BCUT2D eigenvalue weighted by atomic mass is 10.2. The summed E-state index contributed by atoms with van der Waals surface area (Å²) in [5, 5.41) is 4.28. The van der Waals surface area contributed by atoms with E-state index < -0.39 is 12.1 Å². The lowest BCUT2D eigenvalue weighted by molar-refractivity contribution is -0.150. The number of ether oxygens (including phenoxy) is 3. The number of hydrogen-bond acceptors (Lipinski definition) is 7. The SMILES string of the molecule is CCOC(=O)C(C)Oc1cc(Br)c(C=Nn2cc(C)nc2N)cc1OC. The summed E-state index contributed by atoms with van der Waals surface area (Å²) in [5.74, 6) is 0.725. The fraction of sp³-hybridized carbons (Fsp3) is 0.353. The number of carbonyl (C=O) groups excluding carboxylic acids is 1. The van der Waals surface area contributed by atoms with Gasteiger partial charge in [-0.1, -0.05) is 0 Å². The first kappa shape index (κ1) is 19.8. The number of aryl methyl sites for hydroxylation is 1. The molecular weight excluding hydrogens is 404 g/mol. The number of nitrogens with two attached hydrogens (primary N) is 1. The average molecular weight is 425 g/mol. The minimum absolute atomic E-state index is 0.291. The van der Waals surface area contributed by atoms with E-state index in [9.17, 15) is 4.79 Å². The predicted molar refractivity (Wildman–Crippen MR) is 102 cm³/mol. The number of anilines is 1. The molecule has 1 heterocycles. The Morgan fingerprint density at radius 1 is 1.46 bits per heavy atom. The molecule has 1 unspecified atom stereocenters. The molecule has 0 saturated carbocycles. The van der Waals surface area contributed by atoms with Gasteiger partial charge in [0.05, 0.1) is 31.8 Å². The molecule has 0 spiro atoms. The van der Waals surface area contributed by atoms with Crippen LogP contribution < -0.4 is 15.2 Å². The highest BCUT2D eigenvalue weighted by Crippen LogP contribution is 2.33. The monoisotopic (exact) mass is 424 g/mol. The fourth-order valence-electron chi connectivity index (χ4n) is 2.12. The zero-order valence-corrected chi connectivity index (χ0v) is 16.6. The second-order valence-electron chi connectivity index (χ2n) is 5.37. The van der Waals surface area contributed by atoms with Crippen LogP contribution in [0.5, 0.6) is 11.5 Å². The van der Waals surface area contributed by atoms with Gasteiger partial charge in [0.1, 0.15) is 0 Å². The molecule has 0 fully saturated rings. The van der Waals surface area contributed by atoms with E-state index in [1.165, 1.54) is 11.8 Å². The molecule has 2 rings (SSSR count). The first-order valence-corrected chi connectivity index (χ1v) is 8.71. The molecule has 0 aliphatic carbocycles. The molecule has 0 radical (unpaired) electrons. The van der Waals surface area contributed by atoms with Gasteiger partial charge >= 0.3 is 5.97 Å². The number of nitrogen functional groups attached to an aromatic ring is 1. The molecule has 1 aromatic carbocycles. The predicted octanol–water partition coefficient (Wildman–Crippen LogP) is 2.76. The number of rotatable bonds is 7. The van der Waals surface area contributed by atoms with Gasteiger partial charge in [0.2, 0.25) is 5.95 Å². The average Bonchev–Trinajstić information content (AvgIpc) is 2.91. The summed E-state index contributed by atoms with van der Waals surface area (Å²) in [6.45, 7) is 5.48. The summed E-state index contributed by atoms with van der Waals surface area (Å²) >= 11 is 3.47. The summed E-state index contributed by atoms with van der Waals surface area (Å²) in [7, 11) is 1.52. The number of methoxy groups -OCH3 is 1. The van der Waals surface area contributed by atoms with Crippen molar-refractivity contribution in [3.05, 3.63) is 34.1 Å². The van der Waals surface area contributed by atoms with Crippen molar-refractivity contribution in [1.82, 2.24) is 9.66 Å². The lowest BCUT2D eigenvalue weighted by Gasteiger charge is -2.16. The van der Waals surface area contributed by atoms with Gasteiger partial charge in [-0.15, -0.1) is 0 Å². The Morgan fingerprint density at radius 3 is 2.77 bits per heavy atom. The topological polar surface area (TPSA) is 101 Å². The van der Waals surface area contributed by atoms with Crippen molar-refractivity contribution in [1.29, 1.82) is 0 Å². The number of carbonyl (C=O) groups is 1. The minimum atomic E-state index is -0.760. The van der Waals surface area contributed by atoms with Crippen molar-refractivity contribution in [3.63, 3.8) is 0 Å². The Morgan fingerprint density at radius 2 is 2.19 bits per heavy atom. The number of halogens is 1. The van der Waals surface area contributed by atoms with E-state index in [2.05, 4.69) is 26.0 Å². The van der Waals surface area contributed by atoms with Gasteiger partial charge in [-0.2, -0.15) is 5.10 Å². The van der Waals surface area contributed by atoms with Gasteiger partial charge in [0.25, 0.3) is 0 Å². The third kappa shape index (κ3) is 4.75. The zero-order valence-electron chi connectivity index (χ0n) is 15.0. The van der Waals surface area contributed by atoms with Crippen molar-refractivity contribution in [2.75, 3.05) is 19.5 Å². The van der Waals surface area contributed by atoms with Crippen molar-refractivity contribution >= 4 is 34.1 Å². The molecule has 2 N–H and O–H groups in total. The van der Waals surface area contributed by atoms with Crippen molar-refractivity contribution in [2.24, 2.45) is 5.10 Å². The Bertz CT molecular complexity index is 819. The maximum Gasteiger partial charge on any atom is 0.347 e. The molecule has 9 heteroatoms. The molecule has 0 saturated heterocycles. The molecule has 1 aromatic heterocycles. The summed E-state index contributed by atoms with van der Waals surface area (Å²) in [6.07, 6.45) is 2.57. The molecule has 0 bridgehead atoms. The van der Waals surface area contributed by atoms with E-state index in [-0.39, 0.29) is 0 Å². The normalized spacial score (nSPS) is 12.2. The molecule has 8 nitrogen and oxygen atoms in total. The highest BCUT2D eigenvalue weighted by Gasteiger charge is 2.19. The van der Waals surface area contributed by atoms with Gasteiger partial charge in [-0.05, 0) is 48.8 Å².